The molecule has 0 saturated heterocycles. The van der Waals surface area contributed by atoms with Gasteiger partial charge in [0.25, 0.3) is 0 Å². The zero-order valence-electron chi connectivity index (χ0n) is 12.0. The van der Waals surface area contributed by atoms with Gasteiger partial charge in [-0.3, -0.25) is 0 Å². The second-order valence-corrected chi connectivity index (χ2v) is 5.85. The van der Waals surface area contributed by atoms with Gasteiger partial charge in [-0.2, -0.15) is 0 Å². The fourth-order valence-electron chi connectivity index (χ4n) is 3.23. The molecule has 0 amide bonds. The van der Waals surface area contributed by atoms with E-state index in [4.69, 9.17) is 0 Å². The highest BCUT2D eigenvalue weighted by atomic mass is 15.1. The van der Waals surface area contributed by atoms with Crippen LogP contribution < -0.4 is 5.32 Å². The highest BCUT2D eigenvalue weighted by Crippen LogP contribution is 2.30. The maximum absolute atomic E-state index is 4.23. The molecule has 0 aromatic carbocycles. The molecule has 102 valence electrons. The van der Waals surface area contributed by atoms with E-state index in [-0.39, 0.29) is 0 Å². The third kappa shape index (κ3) is 3.14. The van der Waals surface area contributed by atoms with Crippen molar-refractivity contribution in [3.05, 3.63) is 18.2 Å². The zero-order chi connectivity index (χ0) is 13.0. The molecule has 18 heavy (non-hydrogen) atoms. The number of hydrogen-bond acceptors (Lipinski definition) is 2. The van der Waals surface area contributed by atoms with Crippen LogP contribution in [0.1, 0.15) is 52.1 Å². The first-order chi connectivity index (χ1) is 8.72. The summed E-state index contributed by atoms with van der Waals surface area (Å²) in [6.07, 6.45) is 9.44. The smallest absolute Gasteiger partial charge is 0.0948 e. The van der Waals surface area contributed by atoms with Gasteiger partial charge >= 0.3 is 0 Å². The molecule has 0 radical (unpaired) electrons. The van der Waals surface area contributed by atoms with E-state index in [9.17, 15) is 0 Å². The molecule has 0 aliphatic heterocycles. The average Bonchev–Trinajstić information content (AvgIpc) is 2.84. The zero-order valence-corrected chi connectivity index (χ0v) is 12.0. The molecule has 1 heterocycles. The van der Waals surface area contributed by atoms with E-state index in [1.165, 1.54) is 31.4 Å². The lowest BCUT2D eigenvalue weighted by Crippen LogP contribution is -2.40. The van der Waals surface area contributed by atoms with Crippen molar-refractivity contribution in [2.75, 3.05) is 0 Å². The van der Waals surface area contributed by atoms with Gasteiger partial charge in [-0.15, -0.1) is 0 Å². The minimum Gasteiger partial charge on any atom is -0.334 e. The van der Waals surface area contributed by atoms with Gasteiger partial charge in [-0.05, 0) is 31.6 Å². The fraction of sp³-hybridized carbons (Fsp3) is 0.800. The minimum atomic E-state index is 0.693. The van der Waals surface area contributed by atoms with Crippen molar-refractivity contribution < 1.29 is 0 Å². The Balaban J connectivity index is 1.91. The largest absolute Gasteiger partial charge is 0.334 e. The van der Waals surface area contributed by atoms with Crippen molar-refractivity contribution in [3.8, 4) is 0 Å². The molecular weight excluding hydrogens is 222 g/mol. The molecule has 1 aromatic rings. The van der Waals surface area contributed by atoms with Crippen LogP contribution in [0.3, 0.4) is 0 Å². The SMILES string of the molecule is CCn1cncc1CNC1CCCCC1C(C)C. The van der Waals surface area contributed by atoms with Crippen LogP contribution in [0.2, 0.25) is 0 Å². The molecule has 2 rings (SSSR count). The van der Waals surface area contributed by atoms with Gasteiger partial charge in [0.1, 0.15) is 0 Å². The summed E-state index contributed by atoms with van der Waals surface area (Å²) >= 11 is 0. The normalized spacial score (nSPS) is 24.7. The first kappa shape index (κ1) is 13.6. The Morgan fingerprint density at radius 2 is 2.17 bits per heavy atom. The summed E-state index contributed by atoms with van der Waals surface area (Å²) in [7, 11) is 0. The minimum absolute atomic E-state index is 0.693. The molecule has 1 aromatic heterocycles. The van der Waals surface area contributed by atoms with Crippen LogP contribution in [-0.2, 0) is 13.1 Å². The Morgan fingerprint density at radius 3 is 2.89 bits per heavy atom. The monoisotopic (exact) mass is 249 g/mol. The van der Waals surface area contributed by atoms with Gasteiger partial charge < -0.3 is 9.88 Å². The third-order valence-electron chi connectivity index (χ3n) is 4.36. The second-order valence-electron chi connectivity index (χ2n) is 5.85. The lowest BCUT2D eigenvalue weighted by Gasteiger charge is -2.35. The van der Waals surface area contributed by atoms with Gasteiger partial charge in [0.05, 0.1) is 12.0 Å². The van der Waals surface area contributed by atoms with E-state index in [0.29, 0.717) is 6.04 Å². The van der Waals surface area contributed by atoms with E-state index in [1.54, 1.807) is 0 Å². The highest BCUT2D eigenvalue weighted by molar-refractivity contribution is 4.98. The van der Waals surface area contributed by atoms with E-state index in [0.717, 1.165) is 24.9 Å². The maximum Gasteiger partial charge on any atom is 0.0948 e. The number of aryl methyl sites for hydroxylation is 1. The third-order valence-corrected chi connectivity index (χ3v) is 4.36. The standard InChI is InChI=1S/C15H27N3/c1-4-18-11-16-9-13(18)10-17-15-8-6-5-7-14(15)12(2)3/h9,11-12,14-15,17H,4-8,10H2,1-3H3. The molecule has 1 fully saturated rings. The lowest BCUT2D eigenvalue weighted by molar-refractivity contribution is 0.204. The quantitative estimate of drug-likeness (QED) is 0.868. The summed E-state index contributed by atoms with van der Waals surface area (Å²) in [5.41, 5.74) is 1.31. The highest BCUT2D eigenvalue weighted by Gasteiger charge is 2.27. The number of hydrogen-bond donors (Lipinski definition) is 1. The number of nitrogens with one attached hydrogen (secondary N) is 1. The molecular formula is C15H27N3. The molecule has 2 unspecified atom stereocenters. The number of imidazole rings is 1. The van der Waals surface area contributed by atoms with Crippen molar-refractivity contribution in [2.45, 2.75) is 65.6 Å². The predicted octanol–water partition coefficient (Wildman–Crippen LogP) is 3.21. The maximum atomic E-state index is 4.23. The van der Waals surface area contributed by atoms with Gasteiger partial charge in [0, 0.05) is 25.3 Å². The van der Waals surface area contributed by atoms with E-state index in [1.807, 2.05) is 12.5 Å². The lowest BCUT2D eigenvalue weighted by atomic mass is 9.78. The van der Waals surface area contributed by atoms with Gasteiger partial charge in [0.2, 0.25) is 0 Å². The fourth-order valence-corrected chi connectivity index (χ4v) is 3.23. The Bertz CT molecular complexity index is 356. The van der Waals surface area contributed by atoms with Crippen LogP contribution in [0.5, 0.6) is 0 Å². The van der Waals surface area contributed by atoms with Crippen LogP contribution in [-0.4, -0.2) is 15.6 Å². The van der Waals surface area contributed by atoms with Crippen LogP contribution in [0.25, 0.3) is 0 Å². The van der Waals surface area contributed by atoms with Gasteiger partial charge in [-0.25, -0.2) is 4.98 Å². The first-order valence-corrected chi connectivity index (χ1v) is 7.44. The van der Waals surface area contributed by atoms with E-state index in [2.05, 4.69) is 35.6 Å². The molecule has 1 N–H and O–H groups in total. The predicted molar refractivity (Wildman–Crippen MR) is 75.3 cm³/mol. The first-order valence-electron chi connectivity index (χ1n) is 7.44. The van der Waals surface area contributed by atoms with Crippen molar-refractivity contribution >= 4 is 0 Å². The average molecular weight is 249 g/mol. The van der Waals surface area contributed by atoms with Gasteiger partial charge in [-0.1, -0.05) is 26.7 Å². The molecule has 1 aliphatic carbocycles. The molecule has 3 heteroatoms. The van der Waals surface area contributed by atoms with Gasteiger partial charge in [0.15, 0.2) is 0 Å². The van der Waals surface area contributed by atoms with Crippen LogP contribution in [0, 0.1) is 11.8 Å². The molecule has 1 saturated carbocycles. The molecule has 1 aliphatic rings. The summed E-state index contributed by atoms with van der Waals surface area (Å²) in [5.74, 6) is 1.63. The summed E-state index contributed by atoms with van der Waals surface area (Å²) in [4.78, 5) is 4.23. The number of aromatic nitrogens is 2. The van der Waals surface area contributed by atoms with Crippen LogP contribution >= 0.6 is 0 Å². The summed E-state index contributed by atoms with van der Waals surface area (Å²) < 4.78 is 2.22. The Morgan fingerprint density at radius 1 is 1.39 bits per heavy atom. The van der Waals surface area contributed by atoms with Crippen LogP contribution in [0.15, 0.2) is 12.5 Å². The number of rotatable bonds is 5. The molecule has 0 bridgehead atoms. The molecule has 2 atom stereocenters. The van der Waals surface area contributed by atoms with E-state index >= 15 is 0 Å². The summed E-state index contributed by atoms with van der Waals surface area (Å²) in [6.45, 7) is 8.86. The second kappa shape index (κ2) is 6.37. The Labute approximate surface area is 111 Å². The Hall–Kier alpha value is -0.830. The summed E-state index contributed by atoms with van der Waals surface area (Å²) in [5, 5.41) is 3.77. The molecule has 0 spiro atoms. The van der Waals surface area contributed by atoms with Crippen LogP contribution in [0.4, 0.5) is 0 Å². The topological polar surface area (TPSA) is 29.9 Å². The number of nitrogens with zero attached hydrogens (tertiary/aromatic N) is 2. The molecule has 3 nitrogen and oxygen atoms in total. The van der Waals surface area contributed by atoms with Crippen molar-refractivity contribution in [1.82, 2.24) is 14.9 Å². The summed E-state index contributed by atoms with van der Waals surface area (Å²) in [6, 6.07) is 0.693. The van der Waals surface area contributed by atoms with Crippen molar-refractivity contribution in [2.24, 2.45) is 11.8 Å². The van der Waals surface area contributed by atoms with Crippen molar-refractivity contribution in [1.29, 1.82) is 0 Å². The Kier molecular flexibility index (Phi) is 4.81. The van der Waals surface area contributed by atoms with E-state index < -0.39 is 0 Å². The van der Waals surface area contributed by atoms with Crippen molar-refractivity contribution in [3.63, 3.8) is 0 Å².